The molecule has 0 aromatic heterocycles. The monoisotopic (exact) mass is 368 g/mol. The van der Waals surface area contributed by atoms with Crippen molar-refractivity contribution in [1.82, 2.24) is 10.6 Å². The van der Waals surface area contributed by atoms with Crippen LogP contribution < -0.4 is 10.6 Å². The molecule has 3 N–H and O–H groups in total. The molecule has 0 aliphatic rings. The highest BCUT2D eigenvalue weighted by Crippen LogP contribution is 2.09. The summed E-state index contributed by atoms with van der Waals surface area (Å²) in [5.41, 5.74) is 0.100. The summed E-state index contributed by atoms with van der Waals surface area (Å²) in [4.78, 5) is 35.5. The SMILES string of the molecule is CC(C)(C)OC(=O)N[C@@H](Cc1ccccc1)C(=O)N[C@@H](CS)C(=O)O. The van der Waals surface area contributed by atoms with Gasteiger partial charge in [0.15, 0.2) is 0 Å². The number of carboxylic acid groups (broad SMARTS) is 1. The van der Waals surface area contributed by atoms with Crippen LogP contribution >= 0.6 is 12.6 Å². The summed E-state index contributed by atoms with van der Waals surface area (Å²) in [6.07, 6.45) is -0.550. The topological polar surface area (TPSA) is 105 Å². The van der Waals surface area contributed by atoms with Crippen molar-refractivity contribution in [3.63, 3.8) is 0 Å². The van der Waals surface area contributed by atoms with Crippen LogP contribution in [0, 0.1) is 0 Å². The zero-order chi connectivity index (χ0) is 19.0. The molecule has 1 aromatic rings. The lowest BCUT2D eigenvalue weighted by molar-refractivity contribution is -0.141. The van der Waals surface area contributed by atoms with Crippen LogP contribution in [-0.4, -0.2) is 46.5 Å². The summed E-state index contributed by atoms with van der Waals surface area (Å²) in [5.74, 6) is -1.87. The van der Waals surface area contributed by atoms with Crippen molar-refractivity contribution >= 4 is 30.6 Å². The van der Waals surface area contributed by atoms with Crippen molar-refractivity contribution in [3.05, 3.63) is 35.9 Å². The van der Waals surface area contributed by atoms with Crippen molar-refractivity contribution in [3.8, 4) is 0 Å². The lowest BCUT2D eigenvalue weighted by Crippen LogP contribution is -2.53. The number of amides is 2. The predicted molar refractivity (Wildman–Crippen MR) is 96.7 cm³/mol. The van der Waals surface area contributed by atoms with E-state index in [0.717, 1.165) is 5.56 Å². The number of hydrogen-bond donors (Lipinski definition) is 4. The predicted octanol–water partition coefficient (Wildman–Crippen LogP) is 1.62. The van der Waals surface area contributed by atoms with E-state index in [1.165, 1.54) is 0 Å². The summed E-state index contributed by atoms with van der Waals surface area (Å²) in [6, 6.07) is 6.96. The molecular formula is C17H24N2O5S. The Morgan fingerprint density at radius 1 is 1.12 bits per heavy atom. The molecule has 0 saturated carbocycles. The second-order valence-corrected chi connectivity index (χ2v) is 6.84. The van der Waals surface area contributed by atoms with E-state index in [1.807, 2.05) is 30.3 Å². The number of carbonyl (C=O) groups excluding carboxylic acids is 2. The zero-order valence-corrected chi connectivity index (χ0v) is 15.4. The third-order valence-corrected chi connectivity index (χ3v) is 3.45. The molecule has 0 aliphatic heterocycles. The molecule has 7 nitrogen and oxygen atoms in total. The van der Waals surface area contributed by atoms with E-state index < -0.39 is 35.7 Å². The molecule has 2 amide bonds. The third-order valence-electron chi connectivity index (χ3n) is 3.09. The Labute approximate surface area is 152 Å². The molecule has 0 bridgehead atoms. The van der Waals surface area contributed by atoms with Crippen LogP contribution in [0.4, 0.5) is 4.79 Å². The van der Waals surface area contributed by atoms with Gasteiger partial charge in [-0.25, -0.2) is 9.59 Å². The maximum absolute atomic E-state index is 12.4. The quantitative estimate of drug-likeness (QED) is 0.548. The first kappa shape index (κ1) is 20.8. The summed E-state index contributed by atoms with van der Waals surface area (Å²) < 4.78 is 5.17. The Hall–Kier alpha value is -2.22. The lowest BCUT2D eigenvalue weighted by Gasteiger charge is -2.24. The average molecular weight is 368 g/mol. The van der Waals surface area contributed by atoms with Gasteiger partial charge in [0.05, 0.1) is 0 Å². The van der Waals surface area contributed by atoms with Crippen LogP contribution in [0.15, 0.2) is 30.3 Å². The Morgan fingerprint density at radius 3 is 2.20 bits per heavy atom. The van der Waals surface area contributed by atoms with Gasteiger partial charge in [-0.1, -0.05) is 30.3 Å². The molecule has 2 atom stereocenters. The number of carboxylic acids is 1. The minimum absolute atomic E-state index is 0.0639. The fraction of sp³-hybridized carbons (Fsp3) is 0.471. The summed E-state index contributed by atoms with van der Waals surface area (Å²) in [5, 5.41) is 13.9. The van der Waals surface area contributed by atoms with Gasteiger partial charge in [-0.3, -0.25) is 4.79 Å². The second-order valence-electron chi connectivity index (χ2n) is 6.47. The molecule has 0 radical (unpaired) electrons. The number of thiol groups is 1. The van der Waals surface area contributed by atoms with E-state index in [-0.39, 0.29) is 12.2 Å². The first-order chi connectivity index (χ1) is 11.6. The summed E-state index contributed by atoms with van der Waals surface area (Å²) >= 11 is 3.92. The van der Waals surface area contributed by atoms with Crippen molar-refractivity contribution in [2.24, 2.45) is 0 Å². The maximum Gasteiger partial charge on any atom is 0.408 e. The van der Waals surface area contributed by atoms with Gasteiger partial charge in [0.1, 0.15) is 17.7 Å². The largest absolute Gasteiger partial charge is 0.480 e. The molecule has 0 unspecified atom stereocenters. The van der Waals surface area contributed by atoms with Crippen molar-refractivity contribution in [2.45, 2.75) is 44.9 Å². The smallest absolute Gasteiger partial charge is 0.408 e. The number of ether oxygens (including phenoxy) is 1. The summed E-state index contributed by atoms with van der Waals surface area (Å²) in [6.45, 7) is 5.13. The maximum atomic E-state index is 12.4. The molecule has 0 aliphatic carbocycles. The highest BCUT2D eigenvalue weighted by Gasteiger charge is 2.27. The minimum atomic E-state index is -1.20. The molecule has 25 heavy (non-hydrogen) atoms. The summed E-state index contributed by atoms with van der Waals surface area (Å²) in [7, 11) is 0. The van der Waals surface area contributed by atoms with Crippen LogP contribution in [0.25, 0.3) is 0 Å². The van der Waals surface area contributed by atoms with Gasteiger partial charge in [-0.05, 0) is 26.3 Å². The van der Waals surface area contributed by atoms with Gasteiger partial charge in [-0.2, -0.15) is 12.6 Å². The molecule has 8 heteroatoms. The Kier molecular flexibility index (Phi) is 7.76. The number of aliphatic carboxylic acids is 1. The van der Waals surface area contributed by atoms with Crippen molar-refractivity contribution in [1.29, 1.82) is 0 Å². The molecule has 0 fully saturated rings. The standard InChI is InChI=1S/C17H24N2O5S/c1-17(2,3)24-16(23)19-12(9-11-7-5-4-6-8-11)14(20)18-13(10-25)15(21)22/h4-8,12-13,25H,9-10H2,1-3H3,(H,18,20)(H,19,23)(H,21,22)/t12-,13-/m0/s1. The van der Waals surface area contributed by atoms with E-state index in [2.05, 4.69) is 23.3 Å². The average Bonchev–Trinajstić information content (AvgIpc) is 2.50. The van der Waals surface area contributed by atoms with E-state index in [0.29, 0.717) is 0 Å². The third kappa shape index (κ3) is 7.93. The fourth-order valence-electron chi connectivity index (χ4n) is 1.97. The van der Waals surface area contributed by atoms with Crippen LogP contribution in [-0.2, 0) is 20.7 Å². The van der Waals surface area contributed by atoms with Gasteiger partial charge in [0, 0.05) is 12.2 Å². The van der Waals surface area contributed by atoms with Crippen molar-refractivity contribution in [2.75, 3.05) is 5.75 Å². The highest BCUT2D eigenvalue weighted by atomic mass is 32.1. The number of carbonyl (C=O) groups is 3. The van der Waals surface area contributed by atoms with Crippen LogP contribution in [0.1, 0.15) is 26.3 Å². The van der Waals surface area contributed by atoms with Gasteiger partial charge >= 0.3 is 12.1 Å². The van der Waals surface area contributed by atoms with E-state index in [4.69, 9.17) is 9.84 Å². The molecule has 0 heterocycles. The van der Waals surface area contributed by atoms with Gasteiger partial charge in [-0.15, -0.1) is 0 Å². The van der Waals surface area contributed by atoms with E-state index in [9.17, 15) is 14.4 Å². The first-order valence-electron chi connectivity index (χ1n) is 7.80. The molecule has 0 spiro atoms. The van der Waals surface area contributed by atoms with Crippen LogP contribution in [0.2, 0.25) is 0 Å². The number of alkyl carbamates (subject to hydrolysis) is 1. The van der Waals surface area contributed by atoms with Crippen LogP contribution in [0.3, 0.4) is 0 Å². The van der Waals surface area contributed by atoms with Crippen molar-refractivity contribution < 1.29 is 24.2 Å². The molecule has 138 valence electrons. The number of nitrogens with one attached hydrogen (secondary N) is 2. The highest BCUT2D eigenvalue weighted by molar-refractivity contribution is 7.80. The van der Waals surface area contributed by atoms with Gasteiger partial charge in [0.25, 0.3) is 0 Å². The first-order valence-corrected chi connectivity index (χ1v) is 8.43. The van der Waals surface area contributed by atoms with Crippen LogP contribution in [0.5, 0.6) is 0 Å². The van der Waals surface area contributed by atoms with E-state index in [1.54, 1.807) is 20.8 Å². The molecular weight excluding hydrogens is 344 g/mol. The minimum Gasteiger partial charge on any atom is -0.480 e. The fourth-order valence-corrected chi connectivity index (χ4v) is 2.21. The number of benzene rings is 1. The Balaban J connectivity index is 2.88. The lowest BCUT2D eigenvalue weighted by atomic mass is 10.1. The van der Waals surface area contributed by atoms with Gasteiger partial charge < -0.3 is 20.5 Å². The second kappa shape index (κ2) is 9.31. The molecule has 1 aromatic carbocycles. The normalized spacial score (nSPS) is 13.4. The van der Waals surface area contributed by atoms with Gasteiger partial charge in [0.2, 0.25) is 5.91 Å². The Bertz CT molecular complexity index is 601. The number of rotatable bonds is 7. The van der Waals surface area contributed by atoms with E-state index >= 15 is 0 Å². The molecule has 1 rings (SSSR count). The zero-order valence-electron chi connectivity index (χ0n) is 14.5. The molecule has 0 saturated heterocycles. The Morgan fingerprint density at radius 2 is 1.72 bits per heavy atom. The number of hydrogen-bond acceptors (Lipinski definition) is 5.